The molecule has 0 radical (unpaired) electrons. The third kappa shape index (κ3) is 4.14. The van der Waals surface area contributed by atoms with Gasteiger partial charge in [-0.3, -0.25) is 4.90 Å². The summed E-state index contributed by atoms with van der Waals surface area (Å²) >= 11 is 0. The van der Waals surface area contributed by atoms with Crippen LogP contribution in [-0.2, 0) is 11.3 Å². The smallest absolute Gasteiger partial charge is 0.214 e. The molecule has 2 aliphatic rings. The number of benzene rings is 2. The van der Waals surface area contributed by atoms with Crippen molar-refractivity contribution < 1.29 is 14.5 Å². The van der Waals surface area contributed by atoms with Crippen LogP contribution in [0.5, 0.6) is 0 Å². The summed E-state index contributed by atoms with van der Waals surface area (Å²) in [6.45, 7) is 5.96. The molecule has 0 saturated carbocycles. The molecule has 0 aliphatic carbocycles. The van der Waals surface area contributed by atoms with Gasteiger partial charge >= 0.3 is 0 Å². The Morgan fingerprint density at radius 3 is 2.40 bits per heavy atom. The molecule has 2 atom stereocenters. The average molecular weight is 407 g/mol. The van der Waals surface area contributed by atoms with Gasteiger partial charge in [0.2, 0.25) is 5.82 Å². The van der Waals surface area contributed by atoms with E-state index >= 15 is 0 Å². The van der Waals surface area contributed by atoms with Crippen molar-refractivity contribution in [1.29, 1.82) is 0 Å². The summed E-state index contributed by atoms with van der Waals surface area (Å²) in [5.41, 5.74) is 2.66. The first kappa shape index (κ1) is 19.4. The van der Waals surface area contributed by atoms with Gasteiger partial charge in [-0.15, -0.1) is 5.10 Å². The van der Waals surface area contributed by atoms with Crippen LogP contribution in [0.1, 0.15) is 30.3 Å². The summed E-state index contributed by atoms with van der Waals surface area (Å²) < 4.78 is 7.83. The number of hydrogen-bond donors (Lipinski definition) is 2. The molecule has 2 N–H and O–H groups in total. The van der Waals surface area contributed by atoms with Gasteiger partial charge in [0.25, 0.3) is 0 Å². The van der Waals surface area contributed by atoms with Crippen LogP contribution in [0, 0.1) is 0 Å². The van der Waals surface area contributed by atoms with Gasteiger partial charge in [0.15, 0.2) is 6.04 Å². The van der Waals surface area contributed by atoms with Crippen molar-refractivity contribution >= 4 is 5.69 Å². The van der Waals surface area contributed by atoms with Crippen LogP contribution in [0.3, 0.4) is 0 Å². The van der Waals surface area contributed by atoms with Crippen LogP contribution in [-0.4, -0.2) is 59.1 Å². The van der Waals surface area contributed by atoms with Gasteiger partial charge in [-0.05, 0) is 35.4 Å². The molecule has 2 saturated heterocycles. The molecule has 3 heterocycles. The lowest BCUT2D eigenvalue weighted by Crippen LogP contribution is -3.26. The van der Waals surface area contributed by atoms with Crippen molar-refractivity contribution in [2.24, 2.45) is 0 Å². The predicted octanol–water partition coefficient (Wildman–Crippen LogP) is 0.0566. The summed E-state index contributed by atoms with van der Waals surface area (Å²) in [5, 5.41) is 12.9. The molecule has 5 rings (SSSR count). The summed E-state index contributed by atoms with van der Waals surface area (Å²) in [5.74, 6) is 0.954. The van der Waals surface area contributed by atoms with E-state index in [1.54, 1.807) is 4.90 Å². The second-order valence-corrected chi connectivity index (χ2v) is 8.33. The van der Waals surface area contributed by atoms with Gasteiger partial charge in [0, 0.05) is 12.2 Å². The van der Waals surface area contributed by atoms with E-state index < -0.39 is 0 Å². The van der Waals surface area contributed by atoms with Gasteiger partial charge in [-0.1, -0.05) is 48.5 Å². The molecule has 2 fully saturated rings. The summed E-state index contributed by atoms with van der Waals surface area (Å²) in [6, 6.07) is 21.7. The largest absolute Gasteiger partial charge is 0.376 e. The van der Waals surface area contributed by atoms with E-state index in [9.17, 15) is 0 Å². The van der Waals surface area contributed by atoms with Gasteiger partial charge < -0.3 is 9.64 Å². The average Bonchev–Trinajstić information content (AvgIpc) is 3.49. The fourth-order valence-electron chi connectivity index (χ4n) is 4.87. The summed E-state index contributed by atoms with van der Waals surface area (Å²) in [7, 11) is 0. The van der Waals surface area contributed by atoms with Crippen molar-refractivity contribution in [3.05, 3.63) is 72.1 Å². The standard InChI is InChI=1S/C23H28N6O/c1-3-8-19(9-4-1)22(23-24-25-26-29(23)18-21-12-7-17-30-21)28-15-13-27(14-16-28)20-10-5-2-6-11-20/h1-6,8-11,21-22H,7,12-18H2/p+2/t21-,22-/m1/s1. The summed E-state index contributed by atoms with van der Waals surface area (Å²) in [4.78, 5) is 3.09. The topological polar surface area (TPSA) is 61.7 Å². The molecular weight excluding hydrogens is 376 g/mol. The Morgan fingerprint density at radius 1 is 0.967 bits per heavy atom. The molecule has 1 aromatic heterocycles. The van der Waals surface area contributed by atoms with Crippen LogP contribution < -0.4 is 9.80 Å². The Bertz CT molecular complexity index is 917. The lowest BCUT2D eigenvalue weighted by molar-refractivity contribution is -1.00. The molecule has 2 aliphatic heterocycles. The number of ether oxygens (including phenoxy) is 1. The summed E-state index contributed by atoms with van der Waals surface area (Å²) in [6.07, 6.45) is 2.43. The van der Waals surface area contributed by atoms with Crippen molar-refractivity contribution in [1.82, 2.24) is 20.2 Å². The number of tetrazole rings is 1. The number of nitrogens with zero attached hydrogens (tertiary/aromatic N) is 4. The first-order valence-electron chi connectivity index (χ1n) is 11.1. The number of rotatable bonds is 6. The zero-order valence-corrected chi connectivity index (χ0v) is 17.3. The molecule has 0 amide bonds. The third-order valence-corrected chi connectivity index (χ3v) is 6.44. The molecule has 7 heteroatoms. The highest BCUT2D eigenvalue weighted by atomic mass is 16.5. The number of quaternary nitrogens is 2. The molecule has 3 aromatic rings. The molecule has 7 nitrogen and oxygen atoms in total. The minimum absolute atomic E-state index is 0.139. The second-order valence-electron chi connectivity index (χ2n) is 8.33. The Hall–Kier alpha value is -2.61. The van der Waals surface area contributed by atoms with E-state index in [-0.39, 0.29) is 12.1 Å². The van der Waals surface area contributed by atoms with Crippen LogP contribution in [0.25, 0.3) is 0 Å². The minimum atomic E-state index is 0.139. The van der Waals surface area contributed by atoms with Gasteiger partial charge in [0.1, 0.15) is 31.9 Å². The fraction of sp³-hybridized carbons (Fsp3) is 0.435. The molecular formula is C23H30N6O+2. The van der Waals surface area contributed by atoms with E-state index in [1.165, 1.54) is 16.2 Å². The highest BCUT2D eigenvalue weighted by Gasteiger charge is 2.36. The number of para-hydroxylation sites is 1. The number of nitrogens with one attached hydrogen (secondary N) is 2. The zero-order chi connectivity index (χ0) is 20.2. The molecule has 0 unspecified atom stereocenters. The monoisotopic (exact) mass is 406 g/mol. The number of aromatic nitrogens is 4. The van der Waals surface area contributed by atoms with Crippen LogP contribution in [0.4, 0.5) is 5.69 Å². The lowest BCUT2D eigenvalue weighted by atomic mass is 10.0. The van der Waals surface area contributed by atoms with E-state index in [0.717, 1.165) is 58.0 Å². The molecule has 156 valence electrons. The third-order valence-electron chi connectivity index (χ3n) is 6.44. The van der Waals surface area contributed by atoms with Gasteiger partial charge in [-0.25, -0.2) is 4.68 Å². The first-order chi connectivity index (χ1) is 14.9. The molecule has 30 heavy (non-hydrogen) atoms. The van der Waals surface area contributed by atoms with Crippen molar-refractivity contribution in [2.45, 2.75) is 31.5 Å². The van der Waals surface area contributed by atoms with Gasteiger partial charge in [-0.2, -0.15) is 0 Å². The lowest BCUT2D eigenvalue weighted by Gasteiger charge is -2.34. The Balaban J connectivity index is 1.38. The van der Waals surface area contributed by atoms with Gasteiger partial charge in [0.05, 0.1) is 12.6 Å². The molecule has 0 spiro atoms. The second kappa shape index (κ2) is 9.04. The van der Waals surface area contributed by atoms with E-state index in [2.05, 4.69) is 76.2 Å². The highest BCUT2D eigenvalue weighted by molar-refractivity contribution is 5.28. The van der Waals surface area contributed by atoms with Crippen molar-refractivity contribution in [3.63, 3.8) is 0 Å². The van der Waals surface area contributed by atoms with Crippen LogP contribution >= 0.6 is 0 Å². The number of hydrogen-bond acceptors (Lipinski definition) is 4. The predicted molar refractivity (Wildman–Crippen MR) is 113 cm³/mol. The highest BCUT2D eigenvalue weighted by Crippen LogP contribution is 2.19. The van der Waals surface area contributed by atoms with Crippen molar-refractivity contribution in [3.8, 4) is 0 Å². The van der Waals surface area contributed by atoms with E-state index in [4.69, 9.17) is 4.74 Å². The number of piperazine rings is 1. The molecule has 2 aromatic carbocycles. The quantitative estimate of drug-likeness (QED) is 0.608. The fourth-order valence-corrected chi connectivity index (χ4v) is 4.87. The van der Waals surface area contributed by atoms with Crippen molar-refractivity contribution in [2.75, 3.05) is 32.8 Å². The van der Waals surface area contributed by atoms with Crippen LogP contribution in [0.15, 0.2) is 60.7 Å². The SMILES string of the molecule is c1ccc([C@H](c2nnnn2C[C@H]2CCCO2)[NH+]2CC[NH+](c3ccccc3)CC2)cc1. The van der Waals surface area contributed by atoms with Crippen LogP contribution in [0.2, 0.25) is 0 Å². The minimum Gasteiger partial charge on any atom is -0.376 e. The maximum Gasteiger partial charge on any atom is 0.214 e. The maximum atomic E-state index is 5.85. The Labute approximate surface area is 177 Å². The Morgan fingerprint density at radius 2 is 1.70 bits per heavy atom. The maximum absolute atomic E-state index is 5.85. The normalized spacial score (nSPS) is 25.3. The first-order valence-corrected chi connectivity index (χ1v) is 11.1. The zero-order valence-electron chi connectivity index (χ0n) is 17.3. The van der Waals surface area contributed by atoms with E-state index in [1.807, 2.05) is 4.68 Å². The Kier molecular flexibility index (Phi) is 5.83. The molecule has 0 bridgehead atoms. The van der Waals surface area contributed by atoms with E-state index in [0.29, 0.717) is 0 Å².